The van der Waals surface area contributed by atoms with Crippen LogP contribution in [0.1, 0.15) is 10.4 Å². The van der Waals surface area contributed by atoms with Crippen LogP contribution in [0.25, 0.3) is 0 Å². The third kappa shape index (κ3) is 4.30. The molecule has 2 rings (SSSR count). The SMILES string of the molecule is CN(CC(=O)Nc1cccc(Cl)c1)C(=O)c1cccc(F)c1. The second-order valence-electron chi connectivity index (χ2n) is 4.73. The zero-order valence-corrected chi connectivity index (χ0v) is 12.6. The van der Waals surface area contributed by atoms with Gasteiger partial charge in [0.1, 0.15) is 5.82 Å². The molecule has 0 unspecified atom stereocenters. The Kier molecular flexibility index (Phi) is 5.12. The fourth-order valence-electron chi connectivity index (χ4n) is 1.90. The average Bonchev–Trinajstić information content (AvgIpc) is 2.46. The summed E-state index contributed by atoms with van der Waals surface area (Å²) in [7, 11) is 1.48. The van der Waals surface area contributed by atoms with Gasteiger partial charge in [-0.15, -0.1) is 0 Å². The number of benzene rings is 2. The third-order valence-electron chi connectivity index (χ3n) is 2.91. The normalized spacial score (nSPS) is 10.1. The van der Waals surface area contributed by atoms with Gasteiger partial charge in [0.15, 0.2) is 0 Å². The van der Waals surface area contributed by atoms with Crippen molar-refractivity contribution >= 4 is 29.1 Å². The summed E-state index contributed by atoms with van der Waals surface area (Å²) in [6, 6.07) is 12.0. The number of halogens is 2. The van der Waals surface area contributed by atoms with Crippen LogP contribution in [0.4, 0.5) is 10.1 Å². The third-order valence-corrected chi connectivity index (χ3v) is 3.14. The molecular weight excluding hydrogens is 307 g/mol. The molecule has 2 aromatic carbocycles. The zero-order valence-electron chi connectivity index (χ0n) is 11.8. The first-order valence-electron chi connectivity index (χ1n) is 6.52. The van der Waals surface area contributed by atoms with E-state index in [4.69, 9.17) is 11.6 Å². The lowest BCUT2D eigenvalue weighted by Gasteiger charge is -2.17. The fourth-order valence-corrected chi connectivity index (χ4v) is 2.09. The maximum absolute atomic E-state index is 13.1. The Hall–Kier alpha value is -2.40. The van der Waals surface area contributed by atoms with Gasteiger partial charge in [0.05, 0.1) is 6.54 Å². The molecule has 114 valence electrons. The Bertz CT molecular complexity index is 706. The van der Waals surface area contributed by atoms with Gasteiger partial charge in [-0.1, -0.05) is 23.7 Å². The van der Waals surface area contributed by atoms with Gasteiger partial charge >= 0.3 is 0 Å². The van der Waals surface area contributed by atoms with Crippen LogP contribution in [-0.2, 0) is 4.79 Å². The van der Waals surface area contributed by atoms with E-state index in [2.05, 4.69) is 5.32 Å². The minimum atomic E-state index is -0.498. The Morgan fingerprint density at radius 2 is 1.91 bits per heavy atom. The van der Waals surface area contributed by atoms with Crippen molar-refractivity contribution in [1.82, 2.24) is 4.90 Å². The van der Waals surface area contributed by atoms with Crippen molar-refractivity contribution in [2.24, 2.45) is 0 Å². The minimum absolute atomic E-state index is 0.151. The highest BCUT2D eigenvalue weighted by Crippen LogP contribution is 2.15. The van der Waals surface area contributed by atoms with Gasteiger partial charge in [-0.25, -0.2) is 4.39 Å². The summed E-state index contributed by atoms with van der Waals surface area (Å²) >= 11 is 5.83. The number of nitrogens with one attached hydrogen (secondary N) is 1. The monoisotopic (exact) mass is 320 g/mol. The summed E-state index contributed by atoms with van der Waals surface area (Å²) in [5, 5.41) is 3.14. The predicted molar refractivity (Wildman–Crippen MR) is 83.4 cm³/mol. The summed E-state index contributed by atoms with van der Waals surface area (Å²) in [4.78, 5) is 25.2. The average molecular weight is 321 g/mol. The lowest BCUT2D eigenvalue weighted by atomic mass is 10.2. The van der Waals surface area contributed by atoms with Crippen LogP contribution < -0.4 is 5.32 Å². The van der Waals surface area contributed by atoms with E-state index in [9.17, 15) is 14.0 Å². The van der Waals surface area contributed by atoms with Crippen LogP contribution in [0, 0.1) is 5.82 Å². The maximum Gasteiger partial charge on any atom is 0.254 e. The minimum Gasteiger partial charge on any atom is -0.332 e. The Morgan fingerprint density at radius 1 is 1.18 bits per heavy atom. The first-order valence-corrected chi connectivity index (χ1v) is 6.90. The molecule has 6 heteroatoms. The highest BCUT2D eigenvalue weighted by molar-refractivity contribution is 6.30. The van der Waals surface area contributed by atoms with Crippen LogP contribution in [0.2, 0.25) is 5.02 Å². The van der Waals surface area contributed by atoms with E-state index in [1.807, 2.05) is 0 Å². The maximum atomic E-state index is 13.1. The molecular formula is C16H14ClFN2O2. The molecule has 0 aliphatic rings. The second-order valence-corrected chi connectivity index (χ2v) is 5.17. The first kappa shape index (κ1) is 16.0. The summed E-state index contributed by atoms with van der Waals surface area (Å²) in [6.07, 6.45) is 0. The zero-order chi connectivity index (χ0) is 16.1. The van der Waals surface area contributed by atoms with Gasteiger partial charge in [-0.3, -0.25) is 9.59 Å². The van der Waals surface area contributed by atoms with Crippen molar-refractivity contribution < 1.29 is 14.0 Å². The van der Waals surface area contributed by atoms with E-state index >= 15 is 0 Å². The topological polar surface area (TPSA) is 49.4 Å². The molecule has 0 heterocycles. The lowest BCUT2D eigenvalue weighted by molar-refractivity contribution is -0.116. The molecule has 0 saturated carbocycles. The molecule has 0 spiro atoms. The summed E-state index contributed by atoms with van der Waals surface area (Å²) in [6.45, 7) is -0.151. The molecule has 1 N–H and O–H groups in total. The smallest absolute Gasteiger partial charge is 0.254 e. The number of likely N-dealkylation sites (N-methyl/N-ethyl adjacent to an activating group) is 1. The van der Waals surface area contributed by atoms with Gasteiger partial charge in [0.25, 0.3) is 5.91 Å². The van der Waals surface area contributed by atoms with Gasteiger partial charge in [-0.2, -0.15) is 0 Å². The molecule has 0 fully saturated rings. The summed E-state index contributed by atoms with van der Waals surface area (Å²) < 4.78 is 13.1. The van der Waals surface area contributed by atoms with E-state index in [-0.39, 0.29) is 18.0 Å². The molecule has 4 nitrogen and oxygen atoms in total. The van der Waals surface area contributed by atoms with E-state index < -0.39 is 11.7 Å². The van der Waals surface area contributed by atoms with E-state index in [0.717, 1.165) is 6.07 Å². The number of carbonyl (C=O) groups excluding carboxylic acids is 2. The highest BCUT2D eigenvalue weighted by Gasteiger charge is 2.15. The van der Waals surface area contributed by atoms with Crippen molar-refractivity contribution in [2.45, 2.75) is 0 Å². The molecule has 2 amide bonds. The number of nitrogens with zero attached hydrogens (tertiary/aromatic N) is 1. The quantitative estimate of drug-likeness (QED) is 0.940. The van der Waals surface area contributed by atoms with Crippen molar-refractivity contribution in [3.63, 3.8) is 0 Å². The predicted octanol–water partition coefficient (Wildman–Crippen LogP) is 3.19. The van der Waals surface area contributed by atoms with Crippen molar-refractivity contribution in [1.29, 1.82) is 0 Å². The van der Waals surface area contributed by atoms with Crippen LogP contribution in [-0.4, -0.2) is 30.3 Å². The van der Waals surface area contributed by atoms with Crippen molar-refractivity contribution in [3.8, 4) is 0 Å². The van der Waals surface area contributed by atoms with Crippen LogP contribution in [0.5, 0.6) is 0 Å². The fraction of sp³-hybridized carbons (Fsp3) is 0.125. The second kappa shape index (κ2) is 7.04. The first-order chi connectivity index (χ1) is 10.5. The van der Waals surface area contributed by atoms with Crippen LogP contribution in [0.15, 0.2) is 48.5 Å². The lowest BCUT2D eigenvalue weighted by Crippen LogP contribution is -2.34. The van der Waals surface area contributed by atoms with Crippen LogP contribution >= 0.6 is 11.6 Å². The Labute approximate surface area is 132 Å². The number of amides is 2. The molecule has 0 aliphatic carbocycles. The van der Waals surface area contributed by atoms with Crippen LogP contribution in [0.3, 0.4) is 0 Å². The highest BCUT2D eigenvalue weighted by atomic mass is 35.5. The van der Waals surface area contributed by atoms with Gasteiger partial charge in [-0.05, 0) is 36.4 Å². The molecule has 0 atom stereocenters. The number of carbonyl (C=O) groups is 2. The number of hydrogen-bond acceptors (Lipinski definition) is 2. The molecule has 0 radical (unpaired) electrons. The molecule has 22 heavy (non-hydrogen) atoms. The largest absolute Gasteiger partial charge is 0.332 e. The molecule has 2 aromatic rings. The van der Waals surface area contributed by atoms with Crippen molar-refractivity contribution in [3.05, 3.63) is 64.9 Å². The Balaban J connectivity index is 1.97. The number of hydrogen-bond donors (Lipinski definition) is 1. The molecule has 0 saturated heterocycles. The number of rotatable bonds is 4. The van der Waals surface area contributed by atoms with Crippen molar-refractivity contribution in [2.75, 3.05) is 18.9 Å². The molecule has 0 aromatic heterocycles. The summed E-state index contributed by atoms with van der Waals surface area (Å²) in [5.41, 5.74) is 0.738. The molecule has 0 bridgehead atoms. The number of anilines is 1. The standard InChI is InChI=1S/C16H14ClFN2O2/c1-20(16(22)11-4-2-6-13(18)8-11)10-15(21)19-14-7-3-5-12(17)9-14/h2-9H,10H2,1H3,(H,19,21). The van der Waals surface area contributed by atoms with E-state index in [1.165, 1.54) is 30.1 Å². The molecule has 0 aliphatic heterocycles. The van der Waals surface area contributed by atoms with Gasteiger partial charge in [0.2, 0.25) is 5.91 Å². The Morgan fingerprint density at radius 3 is 2.59 bits per heavy atom. The van der Waals surface area contributed by atoms with Gasteiger partial charge in [0, 0.05) is 23.3 Å². The van der Waals surface area contributed by atoms with Gasteiger partial charge < -0.3 is 10.2 Å². The van der Waals surface area contributed by atoms with E-state index in [0.29, 0.717) is 10.7 Å². The summed E-state index contributed by atoms with van der Waals surface area (Å²) in [5.74, 6) is -1.29. The van der Waals surface area contributed by atoms with E-state index in [1.54, 1.807) is 24.3 Å².